The van der Waals surface area contributed by atoms with Gasteiger partial charge in [-0.3, -0.25) is 28.8 Å². The van der Waals surface area contributed by atoms with Gasteiger partial charge in [0.1, 0.15) is 23.7 Å². The largest absolute Gasteiger partial charge is 0.465 e. The van der Waals surface area contributed by atoms with E-state index < -0.39 is 35.7 Å². The summed E-state index contributed by atoms with van der Waals surface area (Å²) in [7, 11) is 0. The first-order valence-electron chi connectivity index (χ1n) is 29.9. The lowest BCUT2D eigenvalue weighted by molar-refractivity contribution is -0.161. The second kappa shape index (κ2) is 33.4. The molecule has 7 rings (SSSR count). The number of anilines is 1. The molecule has 0 unspecified atom stereocenters. The van der Waals surface area contributed by atoms with Gasteiger partial charge in [0, 0.05) is 24.3 Å². The van der Waals surface area contributed by atoms with Gasteiger partial charge < -0.3 is 37.9 Å². The Labute approximate surface area is 490 Å². The number of benzene rings is 2. The molecule has 19 nitrogen and oxygen atoms in total. The number of ether oxygens (including phenoxy) is 8. The number of hydrogen-bond acceptors (Lipinski definition) is 20. The molecular formula is C63H81N3O16S. The van der Waals surface area contributed by atoms with E-state index in [1.165, 1.54) is 11.3 Å². The van der Waals surface area contributed by atoms with Gasteiger partial charge in [0.05, 0.1) is 78.4 Å². The molecule has 450 valence electrons. The van der Waals surface area contributed by atoms with Crippen LogP contribution in [0, 0.1) is 35.5 Å². The average molecular weight is 1170 g/mol. The molecule has 0 aliphatic heterocycles. The first-order chi connectivity index (χ1) is 40.3. The number of thiazole rings is 1. The number of hydrazone groups is 1. The quantitative estimate of drug-likeness (QED) is 0.0119. The van der Waals surface area contributed by atoms with Crippen LogP contribution in [0.5, 0.6) is 11.5 Å². The van der Waals surface area contributed by atoms with Gasteiger partial charge in [-0.1, -0.05) is 56.4 Å². The van der Waals surface area contributed by atoms with E-state index in [1.807, 2.05) is 29.3 Å². The number of unbranched alkanes of at least 4 members (excludes halogenated alkanes) is 4. The monoisotopic (exact) mass is 1170 g/mol. The van der Waals surface area contributed by atoms with Crippen LogP contribution >= 0.6 is 11.3 Å². The highest BCUT2D eigenvalue weighted by Crippen LogP contribution is 2.37. The molecule has 1 aromatic heterocycles. The molecule has 4 fully saturated rings. The van der Waals surface area contributed by atoms with Crippen molar-refractivity contribution in [1.29, 1.82) is 0 Å². The first kappa shape index (κ1) is 63.6. The summed E-state index contributed by atoms with van der Waals surface area (Å²) in [5, 5.41) is 7.45. The SMILES string of the molecule is C=CC(=O)OCCCCOC(=O)C1CCC(OC(=O)C2CCC(C(=O)Oc3ccc(OC(=O)C4CCC(C(=O)OC5CCC(C(=O)OCCCCOC(=O)C=C)CC5)CC4)c(/C=N/N(CCCCC)c4nc5ccccc5s4)c3)CC2)CC1. The number of para-hydroxylation sites is 1. The van der Waals surface area contributed by atoms with Crippen molar-refractivity contribution >= 4 is 80.7 Å². The van der Waals surface area contributed by atoms with E-state index in [0.29, 0.717) is 146 Å². The van der Waals surface area contributed by atoms with Crippen LogP contribution in [0.2, 0.25) is 0 Å². The molecule has 0 radical (unpaired) electrons. The summed E-state index contributed by atoms with van der Waals surface area (Å²) in [6.45, 7) is 10.4. The van der Waals surface area contributed by atoms with Gasteiger partial charge in [-0.05, 0) is 165 Å². The number of nitrogens with zero attached hydrogens (tertiary/aromatic N) is 3. The molecule has 20 heteroatoms. The Morgan fingerprint density at radius 2 is 0.988 bits per heavy atom. The average Bonchev–Trinajstić information content (AvgIpc) is 4.05. The molecule has 3 aromatic rings. The zero-order valence-corrected chi connectivity index (χ0v) is 48.7. The second-order valence-corrected chi connectivity index (χ2v) is 23.0. The molecule has 1 heterocycles. The van der Waals surface area contributed by atoms with Crippen molar-refractivity contribution in [2.75, 3.05) is 38.0 Å². The molecule has 83 heavy (non-hydrogen) atoms. The normalized spacial score (nSPS) is 22.5. The maximum absolute atomic E-state index is 13.9. The molecule has 0 atom stereocenters. The molecule has 4 aliphatic rings. The first-order valence-corrected chi connectivity index (χ1v) is 30.7. The molecule has 0 spiro atoms. The second-order valence-electron chi connectivity index (χ2n) is 22.0. The number of fused-ring (bicyclic) bond motifs is 1. The minimum atomic E-state index is -0.486. The van der Waals surface area contributed by atoms with E-state index >= 15 is 0 Å². The van der Waals surface area contributed by atoms with Gasteiger partial charge in [-0.15, -0.1) is 0 Å². The topological polar surface area (TPSA) is 239 Å². The van der Waals surface area contributed by atoms with Gasteiger partial charge in [0.2, 0.25) is 5.13 Å². The summed E-state index contributed by atoms with van der Waals surface area (Å²) >= 11 is 1.52. The Bertz CT molecular complexity index is 2680. The minimum Gasteiger partial charge on any atom is -0.465 e. The standard InChI is InChI=1S/C63H81N3O16S/c1-4-7-10-35-66(63-65-52-15-8-9-16-54(52)83-63)64-41-48-40-51(81-61(73)46-19-17-44(18-20-46)59(71)79-49-29-25-42(26-30-49)57(69)77-38-13-11-36-75-55(67)5-2)33-34-53(48)82-62(74)47-23-21-45(22-24-47)60(72)80-50-31-27-43(28-32-50)58(70)78-39-14-12-37-76-56(68)6-3/h5-6,8-9,15-16,33-34,40-47,49-50H,2-4,7,10-14,17-32,35-39H2,1H3/b64-41+. The summed E-state index contributed by atoms with van der Waals surface area (Å²) in [5.41, 5.74) is 1.27. The highest BCUT2D eigenvalue weighted by atomic mass is 32.1. The van der Waals surface area contributed by atoms with Crippen molar-refractivity contribution in [2.45, 2.75) is 167 Å². The third-order valence-corrected chi connectivity index (χ3v) is 17.0. The van der Waals surface area contributed by atoms with E-state index in [1.54, 1.807) is 24.4 Å². The summed E-state index contributed by atoms with van der Waals surface area (Å²) in [4.78, 5) is 107. The van der Waals surface area contributed by atoms with Crippen LogP contribution in [0.4, 0.5) is 5.13 Å². The van der Waals surface area contributed by atoms with Crippen molar-refractivity contribution in [3.63, 3.8) is 0 Å². The van der Waals surface area contributed by atoms with E-state index in [0.717, 1.165) is 41.6 Å². The number of carbonyl (C=O) groups excluding carboxylic acids is 8. The van der Waals surface area contributed by atoms with Crippen LogP contribution in [0.3, 0.4) is 0 Å². The van der Waals surface area contributed by atoms with Crippen molar-refractivity contribution in [3.8, 4) is 11.5 Å². The van der Waals surface area contributed by atoms with Gasteiger partial charge >= 0.3 is 47.8 Å². The van der Waals surface area contributed by atoms with Crippen LogP contribution in [0.25, 0.3) is 10.2 Å². The molecule has 0 amide bonds. The van der Waals surface area contributed by atoms with Crippen molar-refractivity contribution < 1.29 is 76.3 Å². The van der Waals surface area contributed by atoms with Crippen molar-refractivity contribution in [1.82, 2.24) is 4.98 Å². The fourth-order valence-electron chi connectivity index (χ4n) is 10.9. The maximum Gasteiger partial charge on any atom is 0.330 e. The molecular weight excluding hydrogens is 1090 g/mol. The van der Waals surface area contributed by atoms with E-state index in [9.17, 15) is 38.4 Å². The fourth-order valence-corrected chi connectivity index (χ4v) is 11.9. The number of aromatic nitrogens is 1. The van der Waals surface area contributed by atoms with Gasteiger partial charge in [0.15, 0.2) is 0 Å². The summed E-state index contributed by atoms with van der Waals surface area (Å²) < 4.78 is 45.8. The lowest BCUT2D eigenvalue weighted by atomic mass is 9.82. The molecule has 4 saturated carbocycles. The molecule has 0 bridgehead atoms. The smallest absolute Gasteiger partial charge is 0.330 e. The molecule has 2 aromatic carbocycles. The Morgan fingerprint density at radius 3 is 1.47 bits per heavy atom. The summed E-state index contributed by atoms with van der Waals surface area (Å²) in [5.74, 6) is -4.65. The third kappa shape index (κ3) is 20.1. The fraction of sp³-hybridized carbons (Fsp3) is 0.587. The molecule has 0 N–H and O–H groups in total. The van der Waals surface area contributed by atoms with E-state index in [-0.39, 0.29) is 97.7 Å². The Balaban J connectivity index is 0.894. The summed E-state index contributed by atoms with van der Waals surface area (Å²) in [6, 6.07) is 12.7. The number of hydrogen-bond donors (Lipinski definition) is 0. The van der Waals surface area contributed by atoms with Gasteiger partial charge in [-0.2, -0.15) is 5.10 Å². The Hall–Kier alpha value is -6.96. The maximum atomic E-state index is 13.9. The van der Waals surface area contributed by atoms with Crippen LogP contribution in [0.15, 0.2) is 72.9 Å². The van der Waals surface area contributed by atoms with Crippen molar-refractivity contribution in [3.05, 3.63) is 73.3 Å². The predicted octanol–water partition coefficient (Wildman–Crippen LogP) is 11.1. The zero-order chi connectivity index (χ0) is 58.9. The van der Waals surface area contributed by atoms with Crippen LogP contribution < -0.4 is 14.5 Å². The number of esters is 8. The lowest BCUT2D eigenvalue weighted by Gasteiger charge is -2.30. The Kier molecular flexibility index (Phi) is 25.6. The highest BCUT2D eigenvalue weighted by molar-refractivity contribution is 7.22. The van der Waals surface area contributed by atoms with Crippen molar-refractivity contribution in [2.24, 2.45) is 40.6 Å². The zero-order valence-electron chi connectivity index (χ0n) is 47.9. The third-order valence-electron chi connectivity index (χ3n) is 16.0. The summed E-state index contributed by atoms with van der Waals surface area (Å²) in [6.07, 6.45) is 16.4. The van der Waals surface area contributed by atoms with Gasteiger partial charge in [0.25, 0.3) is 0 Å². The van der Waals surface area contributed by atoms with Crippen LogP contribution in [-0.4, -0.2) is 104 Å². The van der Waals surface area contributed by atoms with Crippen LogP contribution in [0.1, 0.15) is 160 Å². The van der Waals surface area contributed by atoms with Crippen LogP contribution in [-0.2, 0) is 66.8 Å². The van der Waals surface area contributed by atoms with E-state index in [2.05, 4.69) is 20.1 Å². The Morgan fingerprint density at radius 1 is 0.542 bits per heavy atom. The molecule has 4 aliphatic carbocycles. The lowest BCUT2D eigenvalue weighted by Crippen LogP contribution is -2.33. The predicted molar refractivity (Wildman–Crippen MR) is 309 cm³/mol. The minimum absolute atomic E-state index is 0.230. The van der Waals surface area contributed by atoms with Gasteiger partial charge in [-0.25, -0.2) is 19.6 Å². The highest BCUT2D eigenvalue weighted by Gasteiger charge is 2.37. The van der Waals surface area contributed by atoms with E-state index in [4.69, 9.17) is 48.0 Å². The number of rotatable bonds is 29. The number of carbonyl (C=O) groups is 8. The molecule has 0 saturated heterocycles.